The molecule has 7 heteroatoms. The Morgan fingerprint density at radius 1 is 1.11 bits per heavy atom. The summed E-state index contributed by atoms with van der Waals surface area (Å²) in [5, 5.41) is 13.1. The lowest BCUT2D eigenvalue weighted by molar-refractivity contribution is -0.118. The molecule has 28 heavy (non-hydrogen) atoms. The summed E-state index contributed by atoms with van der Waals surface area (Å²) >= 11 is 1.34. The number of allylic oxidation sites excluding steroid dienone is 1. The number of benzene rings is 2. The molecule has 0 bridgehead atoms. The van der Waals surface area contributed by atoms with Crippen molar-refractivity contribution in [1.29, 1.82) is 0 Å². The van der Waals surface area contributed by atoms with Crippen LogP contribution in [-0.2, 0) is 11.3 Å². The molecule has 0 aliphatic heterocycles. The highest BCUT2D eigenvalue weighted by molar-refractivity contribution is 7.99. The fourth-order valence-electron chi connectivity index (χ4n) is 2.51. The van der Waals surface area contributed by atoms with E-state index in [1.807, 2.05) is 78.2 Å². The van der Waals surface area contributed by atoms with E-state index in [1.165, 1.54) is 11.8 Å². The monoisotopic (exact) mass is 391 g/mol. The van der Waals surface area contributed by atoms with E-state index in [0.717, 1.165) is 23.5 Å². The van der Waals surface area contributed by atoms with Gasteiger partial charge in [-0.25, -0.2) is 5.43 Å². The molecular formula is C21H21N5OS. The van der Waals surface area contributed by atoms with Crippen LogP contribution < -0.4 is 5.43 Å². The number of hydrogen-bond acceptors (Lipinski definition) is 5. The van der Waals surface area contributed by atoms with Crippen LogP contribution in [0.1, 0.15) is 12.5 Å². The third-order valence-corrected chi connectivity index (χ3v) is 4.80. The molecule has 6 nitrogen and oxygen atoms in total. The van der Waals surface area contributed by atoms with Crippen molar-refractivity contribution in [3.05, 3.63) is 72.3 Å². The van der Waals surface area contributed by atoms with Crippen LogP contribution in [0.2, 0.25) is 0 Å². The first kappa shape index (κ1) is 19.6. The molecule has 2 aromatic carbocycles. The van der Waals surface area contributed by atoms with Crippen LogP contribution in [0.25, 0.3) is 17.5 Å². The highest BCUT2D eigenvalue weighted by atomic mass is 32.2. The van der Waals surface area contributed by atoms with Gasteiger partial charge in [0.05, 0.1) is 5.75 Å². The highest BCUT2D eigenvalue weighted by Gasteiger charge is 2.14. The number of nitrogens with zero attached hydrogens (tertiary/aromatic N) is 4. The summed E-state index contributed by atoms with van der Waals surface area (Å²) in [6.07, 6.45) is 5.25. The van der Waals surface area contributed by atoms with Crippen molar-refractivity contribution >= 4 is 30.0 Å². The van der Waals surface area contributed by atoms with Gasteiger partial charge in [0.25, 0.3) is 5.91 Å². The van der Waals surface area contributed by atoms with Crippen LogP contribution in [0.5, 0.6) is 0 Å². The third-order valence-electron chi connectivity index (χ3n) is 3.84. The predicted octanol–water partition coefficient (Wildman–Crippen LogP) is 3.87. The van der Waals surface area contributed by atoms with E-state index in [4.69, 9.17) is 0 Å². The second kappa shape index (κ2) is 10.2. The van der Waals surface area contributed by atoms with Crippen LogP contribution in [0.4, 0.5) is 0 Å². The molecule has 142 valence electrons. The summed E-state index contributed by atoms with van der Waals surface area (Å²) in [6.45, 7) is 2.76. The molecule has 1 N–H and O–H groups in total. The van der Waals surface area contributed by atoms with Crippen molar-refractivity contribution < 1.29 is 4.79 Å². The average molecular weight is 392 g/mol. The number of hydrazone groups is 1. The Bertz CT molecular complexity index is 951. The Morgan fingerprint density at radius 2 is 1.82 bits per heavy atom. The number of carbonyl (C=O) groups is 1. The summed E-state index contributed by atoms with van der Waals surface area (Å²) in [4.78, 5) is 12.0. The van der Waals surface area contributed by atoms with Crippen LogP contribution in [0, 0.1) is 0 Å². The number of thioether (sulfide) groups is 1. The lowest BCUT2D eigenvalue weighted by Crippen LogP contribution is -2.19. The minimum atomic E-state index is -0.193. The molecule has 1 heterocycles. The molecule has 0 aliphatic rings. The quantitative estimate of drug-likeness (QED) is 0.359. The molecular weight excluding hydrogens is 370 g/mol. The van der Waals surface area contributed by atoms with E-state index in [0.29, 0.717) is 5.16 Å². The lowest BCUT2D eigenvalue weighted by Gasteiger charge is -2.06. The maximum atomic E-state index is 12.0. The molecule has 3 aromatic rings. The van der Waals surface area contributed by atoms with Crippen molar-refractivity contribution in [2.75, 3.05) is 5.75 Å². The predicted molar refractivity (Wildman–Crippen MR) is 114 cm³/mol. The van der Waals surface area contributed by atoms with Crippen LogP contribution in [-0.4, -0.2) is 32.6 Å². The van der Waals surface area contributed by atoms with Gasteiger partial charge in [0, 0.05) is 18.3 Å². The van der Waals surface area contributed by atoms with Gasteiger partial charge in [-0.2, -0.15) is 5.10 Å². The minimum absolute atomic E-state index is 0.193. The largest absolute Gasteiger partial charge is 0.302 e. The van der Waals surface area contributed by atoms with E-state index in [-0.39, 0.29) is 11.7 Å². The van der Waals surface area contributed by atoms with Crippen molar-refractivity contribution in [3.8, 4) is 11.4 Å². The number of aromatic nitrogens is 3. The molecule has 3 rings (SSSR count). The third kappa shape index (κ3) is 5.40. The lowest BCUT2D eigenvalue weighted by atomic mass is 10.2. The Balaban J connectivity index is 1.51. The molecule has 0 saturated heterocycles. The van der Waals surface area contributed by atoms with Gasteiger partial charge in [-0.1, -0.05) is 78.5 Å². The molecule has 0 aliphatic carbocycles. The van der Waals surface area contributed by atoms with E-state index in [9.17, 15) is 4.79 Å². The first-order chi connectivity index (χ1) is 13.8. The van der Waals surface area contributed by atoms with Gasteiger partial charge in [-0.05, 0) is 18.6 Å². The van der Waals surface area contributed by atoms with Crippen molar-refractivity contribution in [2.45, 2.75) is 18.6 Å². The molecule has 0 unspecified atom stereocenters. The Labute approximate surface area is 168 Å². The van der Waals surface area contributed by atoms with Gasteiger partial charge in [0.15, 0.2) is 11.0 Å². The van der Waals surface area contributed by atoms with Crippen LogP contribution in [0.3, 0.4) is 0 Å². The van der Waals surface area contributed by atoms with Crippen molar-refractivity contribution in [2.24, 2.45) is 5.10 Å². The summed E-state index contributed by atoms with van der Waals surface area (Å²) in [5.74, 6) is 0.823. The van der Waals surface area contributed by atoms with Gasteiger partial charge in [-0.15, -0.1) is 10.2 Å². The Kier molecular flexibility index (Phi) is 7.14. The van der Waals surface area contributed by atoms with E-state index in [2.05, 4.69) is 20.7 Å². The Morgan fingerprint density at radius 3 is 2.54 bits per heavy atom. The van der Waals surface area contributed by atoms with E-state index < -0.39 is 0 Å². The standard InChI is InChI=1S/C21H21N5OS/c1-2-26-20(18-13-7-4-8-14-18)24-25-21(26)28-16-19(27)23-22-15-9-12-17-10-5-3-6-11-17/h3-15H,2,16H2,1H3,(H,23,27)/b12-9+,22-15+. The minimum Gasteiger partial charge on any atom is -0.302 e. The molecule has 0 fully saturated rings. The number of hydrogen-bond donors (Lipinski definition) is 1. The molecule has 0 radical (unpaired) electrons. The second-order valence-electron chi connectivity index (χ2n) is 5.79. The number of carbonyl (C=O) groups excluding carboxylic acids is 1. The zero-order valence-corrected chi connectivity index (χ0v) is 16.3. The average Bonchev–Trinajstić information content (AvgIpc) is 3.16. The van der Waals surface area contributed by atoms with E-state index in [1.54, 1.807) is 12.3 Å². The maximum absolute atomic E-state index is 12.0. The SMILES string of the molecule is CCn1c(SCC(=O)N/N=C/C=C/c2ccccc2)nnc1-c1ccccc1. The number of nitrogens with one attached hydrogen (secondary N) is 1. The summed E-state index contributed by atoms with van der Waals surface area (Å²) in [7, 11) is 0. The van der Waals surface area contributed by atoms with Gasteiger partial charge in [0.1, 0.15) is 0 Å². The van der Waals surface area contributed by atoms with Crippen LogP contribution >= 0.6 is 11.8 Å². The first-order valence-electron chi connectivity index (χ1n) is 8.93. The molecule has 1 aromatic heterocycles. The molecule has 1 amide bonds. The zero-order valence-electron chi connectivity index (χ0n) is 15.5. The topological polar surface area (TPSA) is 72.2 Å². The van der Waals surface area contributed by atoms with Gasteiger partial charge < -0.3 is 4.57 Å². The number of rotatable bonds is 8. The van der Waals surface area contributed by atoms with Gasteiger partial charge in [-0.3, -0.25) is 4.79 Å². The second-order valence-corrected chi connectivity index (χ2v) is 6.73. The molecule has 0 atom stereocenters. The zero-order chi connectivity index (χ0) is 19.6. The Hall–Kier alpha value is -3.19. The van der Waals surface area contributed by atoms with Crippen molar-refractivity contribution in [1.82, 2.24) is 20.2 Å². The summed E-state index contributed by atoms with van der Waals surface area (Å²) in [5.41, 5.74) is 4.59. The smallest absolute Gasteiger partial charge is 0.250 e. The molecule has 0 spiro atoms. The summed E-state index contributed by atoms with van der Waals surface area (Å²) in [6, 6.07) is 19.8. The normalized spacial score (nSPS) is 11.3. The number of amides is 1. The van der Waals surface area contributed by atoms with Gasteiger partial charge >= 0.3 is 0 Å². The van der Waals surface area contributed by atoms with Crippen molar-refractivity contribution in [3.63, 3.8) is 0 Å². The van der Waals surface area contributed by atoms with Gasteiger partial charge in [0.2, 0.25) is 0 Å². The fourth-order valence-corrected chi connectivity index (χ4v) is 3.31. The first-order valence-corrected chi connectivity index (χ1v) is 9.91. The highest BCUT2D eigenvalue weighted by Crippen LogP contribution is 2.23. The van der Waals surface area contributed by atoms with E-state index >= 15 is 0 Å². The fraction of sp³-hybridized carbons (Fsp3) is 0.143. The maximum Gasteiger partial charge on any atom is 0.250 e. The molecule has 0 saturated carbocycles. The van der Waals surface area contributed by atoms with Crippen LogP contribution in [0.15, 0.2) is 77.0 Å². The summed E-state index contributed by atoms with van der Waals surface area (Å²) < 4.78 is 2.00.